The first-order valence-electron chi connectivity index (χ1n) is 7.45. The normalized spacial score (nSPS) is 24.4. The summed E-state index contributed by atoms with van der Waals surface area (Å²) in [4.78, 5) is 16.3. The molecule has 2 aliphatic heterocycles. The van der Waals surface area contributed by atoms with E-state index in [1.807, 2.05) is 19.0 Å². The van der Waals surface area contributed by atoms with Gasteiger partial charge in [-0.3, -0.25) is 14.4 Å². The van der Waals surface area contributed by atoms with E-state index in [4.69, 9.17) is 11.6 Å². The molecule has 1 aromatic rings. The lowest BCUT2D eigenvalue weighted by molar-refractivity contribution is -0.141. The molecule has 7 heteroatoms. The SMILES string of the molecule is CN1CCCC(N2CC(NCc3c(Cl)cnn3C)C2)C1=O. The van der Waals surface area contributed by atoms with E-state index in [2.05, 4.69) is 15.3 Å². The lowest BCUT2D eigenvalue weighted by Gasteiger charge is -2.46. The fourth-order valence-corrected chi connectivity index (χ4v) is 3.35. The van der Waals surface area contributed by atoms with Crippen molar-refractivity contribution in [2.45, 2.75) is 31.5 Å². The van der Waals surface area contributed by atoms with Gasteiger partial charge in [0.2, 0.25) is 5.91 Å². The zero-order chi connectivity index (χ0) is 15.0. The summed E-state index contributed by atoms with van der Waals surface area (Å²) in [6, 6.07) is 0.512. The first-order valence-corrected chi connectivity index (χ1v) is 7.83. The number of carbonyl (C=O) groups excluding carboxylic acids is 1. The van der Waals surface area contributed by atoms with Crippen LogP contribution < -0.4 is 5.32 Å². The van der Waals surface area contributed by atoms with Gasteiger partial charge in [-0.2, -0.15) is 5.10 Å². The minimum Gasteiger partial charge on any atom is -0.344 e. The Bertz CT molecular complexity index is 506. The maximum Gasteiger partial charge on any atom is 0.239 e. The van der Waals surface area contributed by atoms with Crippen LogP contribution in [0, 0.1) is 0 Å². The number of aryl methyl sites for hydroxylation is 1. The Kier molecular flexibility index (Phi) is 4.19. The molecule has 1 atom stereocenters. The average molecular weight is 312 g/mol. The number of carbonyl (C=O) groups is 1. The summed E-state index contributed by atoms with van der Waals surface area (Å²) in [6.45, 7) is 3.47. The second kappa shape index (κ2) is 5.94. The summed E-state index contributed by atoms with van der Waals surface area (Å²) in [5, 5.41) is 8.31. The molecule has 2 saturated heterocycles. The number of hydrogen-bond donors (Lipinski definition) is 1. The number of likely N-dealkylation sites (tertiary alicyclic amines) is 2. The number of nitrogens with one attached hydrogen (secondary N) is 1. The van der Waals surface area contributed by atoms with Crippen molar-refractivity contribution in [2.75, 3.05) is 26.7 Å². The van der Waals surface area contributed by atoms with E-state index in [0.29, 0.717) is 17.6 Å². The maximum atomic E-state index is 12.1. The van der Waals surface area contributed by atoms with Gasteiger partial charge in [0.1, 0.15) is 0 Å². The molecule has 3 heterocycles. The van der Waals surface area contributed by atoms with Gasteiger partial charge in [0, 0.05) is 46.3 Å². The first-order chi connectivity index (χ1) is 10.1. The maximum absolute atomic E-state index is 12.1. The molecule has 2 fully saturated rings. The van der Waals surface area contributed by atoms with Crippen LogP contribution in [0.4, 0.5) is 0 Å². The Labute approximate surface area is 130 Å². The first kappa shape index (κ1) is 14.8. The van der Waals surface area contributed by atoms with Gasteiger partial charge in [-0.1, -0.05) is 11.6 Å². The van der Waals surface area contributed by atoms with Crippen molar-refractivity contribution in [1.82, 2.24) is 24.9 Å². The van der Waals surface area contributed by atoms with E-state index < -0.39 is 0 Å². The number of amides is 1. The largest absolute Gasteiger partial charge is 0.344 e. The van der Waals surface area contributed by atoms with Gasteiger partial charge < -0.3 is 10.2 Å². The molecule has 0 spiro atoms. The third-order valence-corrected chi connectivity index (χ3v) is 4.87. The Morgan fingerprint density at radius 3 is 2.86 bits per heavy atom. The van der Waals surface area contributed by atoms with Crippen LogP contribution in [0.1, 0.15) is 18.5 Å². The molecule has 1 N–H and O–H groups in total. The Balaban J connectivity index is 1.47. The van der Waals surface area contributed by atoms with Crippen molar-refractivity contribution < 1.29 is 4.79 Å². The lowest BCUT2D eigenvalue weighted by atomic mass is 9.98. The topological polar surface area (TPSA) is 53.4 Å². The highest BCUT2D eigenvalue weighted by molar-refractivity contribution is 6.31. The standard InChI is InChI=1S/C14H22ClN5O/c1-18-5-3-4-12(14(18)21)20-8-10(9-20)16-7-13-11(15)6-17-19(13)2/h6,10,12,16H,3-5,7-9H2,1-2H3. The van der Waals surface area contributed by atoms with Gasteiger partial charge in [-0.15, -0.1) is 0 Å². The predicted octanol–water partition coefficient (Wildman–Crippen LogP) is 0.468. The highest BCUT2D eigenvalue weighted by Crippen LogP contribution is 2.22. The minimum atomic E-state index is 0.0853. The molecule has 1 aromatic heterocycles. The van der Waals surface area contributed by atoms with Gasteiger partial charge in [0.05, 0.1) is 23.0 Å². The number of piperidine rings is 1. The van der Waals surface area contributed by atoms with E-state index in [1.54, 1.807) is 10.9 Å². The van der Waals surface area contributed by atoms with E-state index in [1.165, 1.54) is 0 Å². The van der Waals surface area contributed by atoms with Crippen LogP contribution in [0.2, 0.25) is 5.02 Å². The summed E-state index contributed by atoms with van der Waals surface area (Å²) in [5.74, 6) is 0.273. The van der Waals surface area contributed by atoms with Crippen molar-refractivity contribution in [3.63, 3.8) is 0 Å². The van der Waals surface area contributed by atoms with Gasteiger partial charge in [-0.25, -0.2) is 0 Å². The summed E-state index contributed by atoms with van der Waals surface area (Å²) in [5.41, 5.74) is 1.00. The van der Waals surface area contributed by atoms with Crippen molar-refractivity contribution in [2.24, 2.45) is 7.05 Å². The summed E-state index contributed by atoms with van der Waals surface area (Å²) < 4.78 is 1.80. The fraction of sp³-hybridized carbons (Fsp3) is 0.714. The Hall–Kier alpha value is -1.11. The van der Waals surface area contributed by atoms with Crippen LogP contribution in [0.15, 0.2) is 6.20 Å². The van der Waals surface area contributed by atoms with Crippen LogP contribution in [0.5, 0.6) is 0 Å². The molecule has 2 aliphatic rings. The second-order valence-corrected chi connectivity index (χ2v) is 6.42. The number of hydrogen-bond acceptors (Lipinski definition) is 4. The molecular formula is C14H22ClN5O. The van der Waals surface area contributed by atoms with E-state index in [-0.39, 0.29) is 11.9 Å². The molecular weight excluding hydrogens is 290 g/mol. The molecule has 0 radical (unpaired) electrons. The average Bonchev–Trinajstić information content (AvgIpc) is 2.72. The summed E-state index contributed by atoms with van der Waals surface area (Å²) in [7, 11) is 3.79. The molecule has 0 aliphatic carbocycles. The lowest BCUT2D eigenvalue weighted by Crippen LogP contribution is -2.64. The van der Waals surface area contributed by atoms with Crippen LogP contribution in [-0.2, 0) is 18.4 Å². The third-order valence-electron chi connectivity index (χ3n) is 4.55. The van der Waals surface area contributed by atoms with Crippen molar-refractivity contribution >= 4 is 17.5 Å². The fourth-order valence-electron chi connectivity index (χ4n) is 3.12. The van der Waals surface area contributed by atoms with E-state index in [0.717, 1.165) is 38.2 Å². The van der Waals surface area contributed by atoms with Crippen molar-refractivity contribution in [3.8, 4) is 0 Å². The van der Waals surface area contributed by atoms with Crippen molar-refractivity contribution in [3.05, 3.63) is 16.9 Å². The smallest absolute Gasteiger partial charge is 0.239 e. The number of rotatable bonds is 4. The molecule has 116 valence electrons. The second-order valence-electron chi connectivity index (χ2n) is 6.01. The van der Waals surface area contributed by atoms with Crippen LogP contribution >= 0.6 is 11.6 Å². The van der Waals surface area contributed by atoms with Gasteiger partial charge in [-0.05, 0) is 12.8 Å². The number of likely N-dealkylation sites (N-methyl/N-ethyl adjacent to an activating group) is 1. The highest BCUT2D eigenvalue weighted by Gasteiger charge is 2.38. The molecule has 0 bridgehead atoms. The molecule has 1 amide bonds. The predicted molar refractivity (Wildman–Crippen MR) is 81.1 cm³/mol. The molecule has 6 nitrogen and oxygen atoms in total. The molecule has 0 saturated carbocycles. The monoisotopic (exact) mass is 311 g/mol. The molecule has 1 unspecified atom stereocenters. The number of nitrogens with zero attached hydrogens (tertiary/aromatic N) is 4. The zero-order valence-corrected chi connectivity index (χ0v) is 13.3. The number of aromatic nitrogens is 2. The summed E-state index contributed by atoms with van der Waals surface area (Å²) >= 11 is 6.09. The molecule has 3 rings (SSSR count). The van der Waals surface area contributed by atoms with E-state index in [9.17, 15) is 4.79 Å². The highest BCUT2D eigenvalue weighted by atomic mass is 35.5. The van der Waals surface area contributed by atoms with Crippen molar-refractivity contribution in [1.29, 1.82) is 0 Å². The van der Waals surface area contributed by atoms with Gasteiger partial charge >= 0.3 is 0 Å². The van der Waals surface area contributed by atoms with Crippen LogP contribution in [0.25, 0.3) is 0 Å². The molecule has 0 aromatic carbocycles. The summed E-state index contributed by atoms with van der Waals surface area (Å²) in [6.07, 6.45) is 3.76. The minimum absolute atomic E-state index is 0.0853. The third kappa shape index (κ3) is 2.93. The van der Waals surface area contributed by atoms with Crippen LogP contribution in [-0.4, -0.2) is 64.3 Å². The molecule has 21 heavy (non-hydrogen) atoms. The zero-order valence-electron chi connectivity index (χ0n) is 12.5. The van der Waals surface area contributed by atoms with E-state index >= 15 is 0 Å². The Morgan fingerprint density at radius 1 is 1.43 bits per heavy atom. The van der Waals surface area contributed by atoms with Gasteiger partial charge in [0.15, 0.2) is 0 Å². The quantitative estimate of drug-likeness (QED) is 0.878. The van der Waals surface area contributed by atoms with Gasteiger partial charge in [0.25, 0.3) is 0 Å². The number of halogens is 1. The van der Waals surface area contributed by atoms with Crippen LogP contribution in [0.3, 0.4) is 0 Å². The Morgan fingerprint density at radius 2 is 2.19 bits per heavy atom.